The van der Waals surface area contributed by atoms with Gasteiger partial charge in [0.2, 0.25) is 10.0 Å². The lowest BCUT2D eigenvalue weighted by atomic mass is 10.1. The number of nitrogens with zero attached hydrogens (tertiary/aromatic N) is 4. The Morgan fingerprint density at radius 3 is 2.72 bits per heavy atom. The smallest absolute Gasteiger partial charge is 0.280 e. The molecule has 0 radical (unpaired) electrons. The van der Waals surface area contributed by atoms with Crippen LogP contribution in [0.4, 0.5) is 5.82 Å². The third-order valence-electron chi connectivity index (χ3n) is 5.21. The van der Waals surface area contributed by atoms with Crippen molar-refractivity contribution in [1.82, 2.24) is 24.8 Å². The average Bonchev–Trinajstić information content (AvgIpc) is 3.45. The molecule has 1 aliphatic carbocycles. The van der Waals surface area contributed by atoms with E-state index in [1.165, 1.54) is 18.3 Å². The van der Waals surface area contributed by atoms with E-state index in [1.807, 2.05) is 6.92 Å². The molecule has 0 amide bonds. The van der Waals surface area contributed by atoms with Gasteiger partial charge in [-0.2, -0.15) is 4.98 Å². The lowest BCUT2D eigenvalue weighted by Crippen LogP contribution is -2.30. The van der Waals surface area contributed by atoms with Crippen molar-refractivity contribution in [1.29, 1.82) is 0 Å². The van der Waals surface area contributed by atoms with Crippen LogP contribution in [-0.2, 0) is 10.0 Å². The zero-order valence-corrected chi connectivity index (χ0v) is 19.0. The Morgan fingerprint density at radius 1 is 1.28 bits per heavy atom. The van der Waals surface area contributed by atoms with Crippen LogP contribution in [0.3, 0.4) is 0 Å². The molecule has 11 heteroatoms. The highest BCUT2D eigenvalue weighted by Gasteiger charge is 2.30. The first-order valence-corrected chi connectivity index (χ1v) is 11.8. The number of rotatable bonds is 8. The Labute approximate surface area is 186 Å². The summed E-state index contributed by atoms with van der Waals surface area (Å²) in [5.74, 6) is 1.29. The van der Waals surface area contributed by atoms with Gasteiger partial charge in [-0.05, 0) is 57.7 Å². The van der Waals surface area contributed by atoms with Crippen LogP contribution in [0.5, 0.6) is 0 Å². The molecule has 1 aliphatic rings. The molecule has 2 heterocycles. The lowest BCUT2D eigenvalue weighted by molar-refractivity contribution is 0.0728. The maximum Gasteiger partial charge on any atom is 0.280 e. The third kappa shape index (κ3) is 4.95. The second-order valence-corrected chi connectivity index (χ2v) is 10.4. The summed E-state index contributed by atoms with van der Waals surface area (Å²) in [5.41, 5.74) is 7.13. The molecule has 0 spiro atoms. The van der Waals surface area contributed by atoms with E-state index in [2.05, 4.69) is 24.8 Å². The molecule has 0 saturated heterocycles. The van der Waals surface area contributed by atoms with Gasteiger partial charge in [-0.15, -0.1) is 0 Å². The molecule has 1 fully saturated rings. The fourth-order valence-electron chi connectivity index (χ4n) is 3.14. The molecule has 32 heavy (non-hydrogen) atoms. The zero-order valence-electron chi connectivity index (χ0n) is 18.2. The van der Waals surface area contributed by atoms with E-state index in [9.17, 15) is 13.5 Å². The number of aryl methyl sites for hydroxylation is 1. The molecule has 1 saturated carbocycles. The van der Waals surface area contributed by atoms with Gasteiger partial charge in [0.15, 0.2) is 17.3 Å². The summed E-state index contributed by atoms with van der Waals surface area (Å²) in [4.78, 5) is 13.2. The number of aliphatic hydroxyl groups is 1. The predicted molar refractivity (Wildman–Crippen MR) is 118 cm³/mol. The molecule has 3 aromatic rings. The highest BCUT2D eigenvalue weighted by Crippen LogP contribution is 2.39. The molecule has 10 nitrogen and oxygen atoms in total. The van der Waals surface area contributed by atoms with E-state index in [1.54, 1.807) is 19.9 Å². The fourth-order valence-corrected chi connectivity index (χ4v) is 4.20. The summed E-state index contributed by atoms with van der Waals surface area (Å²) in [6.07, 6.45) is 3.83. The summed E-state index contributed by atoms with van der Waals surface area (Å²) < 4.78 is 33.3. The maximum absolute atomic E-state index is 12.7. The minimum Gasteiger partial charge on any atom is -0.390 e. The molecule has 0 bridgehead atoms. The maximum atomic E-state index is 12.7. The largest absolute Gasteiger partial charge is 0.390 e. The minimum absolute atomic E-state index is 0.0860. The first-order chi connectivity index (χ1) is 15.0. The predicted octanol–water partition coefficient (Wildman–Crippen LogP) is 2.40. The topological polar surface area (TPSA) is 157 Å². The minimum atomic E-state index is -3.77. The summed E-state index contributed by atoms with van der Waals surface area (Å²) in [5, 5.41) is 13.8. The summed E-state index contributed by atoms with van der Waals surface area (Å²) in [6.45, 7) is 5.21. The van der Waals surface area contributed by atoms with E-state index in [0.717, 1.165) is 18.4 Å². The Morgan fingerprint density at radius 2 is 2.03 bits per heavy atom. The van der Waals surface area contributed by atoms with E-state index < -0.39 is 15.6 Å². The van der Waals surface area contributed by atoms with Gasteiger partial charge in [0, 0.05) is 18.0 Å². The van der Waals surface area contributed by atoms with Crippen molar-refractivity contribution in [2.45, 2.75) is 56.4 Å². The molecular weight excluding hydrogens is 432 g/mol. The van der Waals surface area contributed by atoms with Gasteiger partial charge in [0.05, 0.1) is 22.4 Å². The second-order valence-electron chi connectivity index (χ2n) is 8.66. The van der Waals surface area contributed by atoms with Crippen LogP contribution in [0, 0.1) is 6.92 Å². The van der Waals surface area contributed by atoms with E-state index in [4.69, 9.17) is 10.3 Å². The zero-order chi connectivity index (χ0) is 23.1. The van der Waals surface area contributed by atoms with E-state index >= 15 is 0 Å². The van der Waals surface area contributed by atoms with Gasteiger partial charge in [-0.1, -0.05) is 11.2 Å². The number of nitrogens with one attached hydrogen (secondary N) is 1. The van der Waals surface area contributed by atoms with Crippen LogP contribution in [0.1, 0.15) is 50.4 Å². The SMILES string of the molecule is Cc1ccc(S(=O)(=O)NCCC(C)(C)O)cc1-c1cnc(N)c(-c2nc(C3CC3)no2)n1. The van der Waals surface area contributed by atoms with Crippen molar-refractivity contribution in [3.05, 3.63) is 35.8 Å². The molecule has 0 unspecified atom stereocenters. The number of anilines is 1. The molecule has 2 aromatic heterocycles. The van der Waals surface area contributed by atoms with Crippen LogP contribution < -0.4 is 10.5 Å². The Bertz CT molecular complexity index is 1250. The highest BCUT2D eigenvalue weighted by atomic mass is 32.2. The molecular formula is C21H26N6O4S. The van der Waals surface area contributed by atoms with Gasteiger partial charge >= 0.3 is 0 Å². The number of nitrogen functional groups attached to an aromatic ring is 1. The van der Waals surface area contributed by atoms with Crippen LogP contribution >= 0.6 is 0 Å². The van der Waals surface area contributed by atoms with Gasteiger partial charge in [0.25, 0.3) is 5.89 Å². The van der Waals surface area contributed by atoms with Crippen molar-refractivity contribution < 1.29 is 18.0 Å². The Kier molecular flexibility index (Phi) is 5.74. The number of aromatic nitrogens is 4. The normalized spacial score (nSPS) is 14.6. The van der Waals surface area contributed by atoms with Crippen molar-refractivity contribution in [3.8, 4) is 22.8 Å². The first kappa shape index (κ1) is 22.3. The van der Waals surface area contributed by atoms with Crippen LogP contribution in [0.25, 0.3) is 22.8 Å². The van der Waals surface area contributed by atoms with Crippen LogP contribution in [0.15, 0.2) is 33.8 Å². The number of hydrogen-bond acceptors (Lipinski definition) is 9. The standard InChI is InChI=1S/C21H26N6O4S/c1-12-4-7-14(32(29,30)24-9-8-21(2,3)28)10-15(12)16-11-23-18(22)17(25-16)20-26-19(27-31-20)13-5-6-13/h4,7,10-11,13,24,28H,5-6,8-9H2,1-3H3,(H2,22,23). The first-order valence-electron chi connectivity index (χ1n) is 10.3. The van der Waals surface area contributed by atoms with Crippen LogP contribution in [-0.4, -0.2) is 45.8 Å². The molecule has 4 N–H and O–H groups in total. The van der Waals surface area contributed by atoms with Crippen molar-refractivity contribution in [3.63, 3.8) is 0 Å². The van der Waals surface area contributed by atoms with Gasteiger partial charge in [-0.25, -0.2) is 23.1 Å². The molecule has 170 valence electrons. The summed E-state index contributed by atoms with van der Waals surface area (Å²) >= 11 is 0. The average molecular weight is 459 g/mol. The van der Waals surface area contributed by atoms with Gasteiger partial charge in [0.1, 0.15) is 0 Å². The van der Waals surface area contributed by atoms with Crippen molar-refractivity contribution >= 4 is 15.8 Å². The van der Waals surface area contributed by atoms with Crippen LogP contribution in [0.2, 0.25) is 0 Å². The molecule has 4 rings (SSSR count). The molecule has 0 atom stereocenters. The number of nitrogens with two attached hydrogens (primary N) is 1. The Hall–Kier alpha value is -2.89. The Balaban J connectivity index is 1.65. The summed E-state index contributed by atoms with van der Waals surface area (Å²) in [6, 6.07) is 4.77. The third-order valence-corrected chi connectivity index (χ3v) is 6.67. The van der Waals surface area contributed by atoms with Gasteiger partial charge in [-0.3, -0.25) is 0 Å². The lowest BCUT2D eigenvalue weighted by Gasteiger charge is -2.17. The highest BCUT2D eigenvalue weighted by molar-refractivity contribution is 7.89. The molecule has 1 aromatic carbocycles. The molecule has 0 aliphatic heterocycles. The van der Waals surface area contributed by atoms with E-state index in [0.29, 0.717) is 23.0 Å². The van der Waals surface area contributed by atoms with E-state index in [-0.39, 0.29) is 35.3 Å². The van der Waals surface area contributed by atoms with Crippen molar-refractivity contribution in [2.75, 3.05) is 12.3 Å². The monoisotopic (exact) mass is 458 g/mol. The second kappa shape index (κ2) is 8.23. The number of hydrogen-bond donors (Lipinski definition) is 3. The van der Waals surface area contributed by atoms with Gasteiger partial charge < -0.3 is 15.4 Å². The van der Waals surface area contributed by atoms with Crippen molar-refractivity contribution in [2.24, 2.45) is 0 Å². The number of benzene rings is 1. The number of sulfonamides is 1. The summed E-state index contributed by atoms with van der Waals surface area (Å²) in [7, 11) is -3.77. The fraction of sp³-hybridized carbons (Fsp3) is 0.429. The quantitative estimate of drug-likeness (QED) is 0.461.